The normalized spacial score (nSPS) is 19.1. The lowest BCUT2D eigenvalue weighted by Gasteiger charge is -2.34. The van der Waals surface area contributed by atoms with Gasteiger partial charge in [0.25, 0.3) is 5.91 Å². The molecule has 2 heterocycles. The van der Waals surface area contributed by atoms with Crippen LogP contribution in [-0.2, 0) is 9.59 Å². The minimum Gasteiger partial charge on any atom is -0.494 e. The van der Waals surface area contributed by atoms with E-state index >= 15 is 0 Å². The first-order valence-corrected chi connectivity index (χ1v) is 13.0. The van der Waals surface area contributed by atoms with Gasteiger partial charge < -0.3 is 19.9 Å². The zero-order chi connectivity index (χ0) is 25.7. The number of piperazine rings is 1. The molecular weight excluding hydrogens is 498 g/mol. The summed E-state index contributed by atoms with van der Waals surface area (Å²) < 4.78 is 5.53. The van der Waals surface area contributed by atoms with Gasteiger partial charge >= 0.3 is 0 Å². The van der Waals surface area contributed by atoms with Crippen molar-refractivity contribution in [2.24, 2.45) is 0 Å². The van der Waals surface area contributed by atoms with Gasteiger partial charge in [-0.2, -0.15) is 0 Å². The molecule has 0 aromatic heterocycles. The Hall–Kier alpha value is -2.72. The molecule has 0 bridgehead atoms. The van der Waals surface area contributed by atoms with Crippen LogP contribution in [0.5, 0.6) is 5.75 Å². The van der Waals surface area contributed by atoms with Crippen LogP contribution in [0.4, 0.5) is 11.4 Å². The Labute approximate surface area is 222 Å². The van der Waals surface area contributed by atoms with E-state index in [1.165, 1.54) is 4.90 Å². The Morgan fingerprint density at radius 1 is 1.06 bits per heavy atom. The second-order valence-corrected chi connectivity index (χ2v) is 9.80. The van der Waals surface area contributed by atoms with E-state index in [-0.39, 0.29) is 18.2 Å². The Morgan fingerprint density at radius 3 is 2.36 bits per heavy atom. The van der Waals surface area contributed by atoms with Crippen molar-refractivity contribution in [3.05, 3.63) is 53.6 Å². The molecule has 0 spiro atoms. The van der Waals surface area contributed by atoms with E-state index in [0.717, 1.165) is 38.5 Å². The maximum absolute atomic E-state index is 13.6. The molecule has 2 aromatic rings. The van der Waals surface area contributed by atoms with Crippen LogP contribution in [0.1, 0.15) is 13.3 Å². The van der Waals surface area contributed by atoms with Crippen LogP contribution in [0.3, 0.4) is 0 Å². The highest BCUT2D eigenvalue weighted by molar-refractivity contribution is 7.80. The van der Waals surface area contributed by atoms with Crippen LogP contribution in [-0.4, -0.2) is 90.6 Å². The fraction of sp³-hybridized carbons (Fsp3) is 0.423. The average Bonchev–Trinajstić information content (AvgIpc) is 3.09. The standard InChI is InChI=1S/C26H32ClN5O3S/c1-3-35-22-10-8-21(9-11-22)32-25(34)23(18-24(33)28-20-6-4-19(27)5-7-20)31(26(32)36)17-16-30-14-12-29(2)13-15-30/h4-11,23H,3,12-18H2,1-2H3,(H,28,33)/t23-/m1/s1. The van der Waals surface area contributed by atoms with E-state index in [4.69, 9.17) is 28.6 Å². The topological polar surface area (TPSA) is 68.4 Å². The molecule has 2 amide bonds. The average molecular weight is 530 g/mol. The number of amides is 2. The minimum atomic E-state index is -0.677. The molecule has 10 heteroatoms. The molecule has 2 aromatic carbocycles. The molecule has 2 fully saturated rings. The third-order valence-electron chi connectivity index (χ3n) is 6.48. The van der Waals surface area contributed by atoms with Gasteiger partial charge in [-0.1, -0.05) is 11.6 Å². The number of carbonyl (C=O) groups excluding carboxylic acids is 2. The van der Waals surface area contributed by atoms with Crippen molar-refractivity contribution in [3.8, 4) is 5.75 Å². The lowest BCUT2D eigenvalue weighted by Crippen LogP contribution is -2.48. The van der Waals surface area contributed by atoms with Crippen molar-refractivity contribution < 1.29 is 14.3 Å². The SMILES string of the molecule is CCOc1ccc(N2C(=O)[C@@H](CC(=O)Nc3ccc(Cl)cc3)N(CCN3CCN(C)CC3)C2=S)cc1. The molecule has 2 aliphatic rings. The van der Waals surface area contributed by atoms with Gasteiger partial charge in [-0.25, -0.2) is 0 Å². The molecule has 1 atom stereocenters. The first-order valence-electron chi connectivity index (χ1n) is 12.2. The summed E-state index contributed by atoms with van der Waals surface area (Å²) in [6.45, 7) is 7.78. The molecule has 2 saturated heterocycles. The minimum absolute atomic E-state index is 0.00212. The summed E-state index contributed by atoms with van der Waals surface area (Å²) >= 11 is 11.7. The van der Waals surface area contributed by atoms with E-state index in [1.54, 1.807) is 24.3 Å². The molecule has 36 heavy (non-hydrogen) atoms. The zero-order valence-corrected chi connectivity index (χ0v) is 22.2. The number of nitrogens with zero attached hydrogens (tertiary/aromatic N) is 4. The van der Waals surface area contributed by atoms with Gasteiger partial charge in [-0.05, 0) is 74.7 Å². The quantitative estimate of drug-likeness (QED) is 0.500. The molecule has 192 valence electrons. The molecule has 2 aliphatic heterocycles. The summed E-state index contributed by atoms with van der Waals surface area (Å²) in [5, 5.41) is 3.88. The fourth-order valence-electron chi connectivity index (χ4n) is 4.42. The van der Waals surface area contributed by atoms with Gasteiger partial charge in [-0.15, -0.1) is 0 Å². The van der Waals surface area contributed by atoms with Crippen LogP contribution < -0.4 is 15.0 Å². The van der Waals surface area contributed by atoms with Crippen molar-refractivity contribution in [1.29, 1.82) is 0 Å². The van der Waals surface area contributed by atoms with Crippen LogP contribution in [0.2, 0.25) is 5.02 Å². The highest BCUT2D eigenvalue weighted by Crippen LogP contribution is 2.29. The number of nitrogens with one attached hydrogen (secondary N) is 1. The molecule has 0 unspecified atom stereocenters. The van der Waals surface area contributed by atoms with Crippen molar-refractivity contribution in [1.82, 2.24) is 14.7 Å². The van der Waals surface area contributed by atoms with Crippen LogP contribution >= 0.6 is 23.8 Å². The summed E-state index contributed by atoms with van der Waals surface area (Å²) in [5.41, 5.74) is 1.29. The Bertz CT molecular complexity index is 1070. The molecule has 1 N–H and O–H groups in total. The molecule has 8 nitrogen and oxygen atoms in total. The number of hydrogen-bond donors (Lipinski definition) is 1. The van der Waals surface area contributed by atoms with Crippen LogP contribution in [0.25, 0.3) is 0 Å². The van der Waals surface area contributed by atoms with Gasteiger partial charge in [0, 0.05) is 50.0 Å². The predicted octanol–water partition coefficient (Wildman–Crippen LogP) is 3.32. The van der Waals surface area contributed by atoms with Gasteiger partial charge in [0.2, 0.25) is 5.91 Å². The lowest BCUT2D eigenvalue weighted by atomic mass is 10.1. The van der Waals surface area contributed by atoms with Gasteiger partial charge in [-0.3, -0.25) is 19.4 Å². The molecule has 4 rings (SSSR count). The number of rotatable bonds is 9. The number of carbonyl (C=O) groups is 2. The Balaban J connectivity index is 1.50. The second-order valence-electron chi connectivity index (χ2n) is 9.00. The maximum Gasteiger partial charge on any atom is 0.256 e. The molecule has 0 saturated carbocycles. The Morgan fingerprint density at radius 2 is 1.72 bits per heavy atom. The molecule has 0 radical (unpaired) electrons. The summed E-state index contributed by atoms with van der Waals surface area (Å²) in [5.74, 6) is 0.273. The van der Waals surface area contributed by atoms with E-state index in [1.807, 2.05) is 36.1 Å². The summed E-state index contributed by atoms with van der Waals surface area (Å²) in [6, 6.07) is 13.5. The van der Waals surface area contributed by atoms with Gasteiger partial charge in [0.05, 0.1) is 18.7 Å². The monoisotopic (exact) mass is 529 g/mol. The predicted molar refractivity (Wildman–Crippen MR) is 147 cm³/mol. The van der Waals surface area contributed by atoms with Gasteiger partial charge in [0.15, 0.2) is 5.11 Å². The van der Waals surface area contributed by atoms with E-state index < -0.39 is 6.04 Å². The smallest absolute Gasteiger partial charge is 0.256 e. The largest absolute Gasteiger partial charge is 0.494 e. The molecular formula is C26H32ClN5O3S. The molecule has 0 aliphatic carbocycles. The zero-order valence-electron chi connectivity index (χ0n) is 20.7. The highest BCUT2D eigenvalue weighted by Gasteiger charge is 2.44. The summed E-state index contributed by atoms with van der Waals surface area (Å²) in [4.78, 5) is 34.7. The van der Waals surface area contributed by atoms with Crippen LogP contribution in [0.15, 0.2) is 48.5 Å². The number of halogens is 1. The number of benzene rings is 2. The maximum atomic E-state index is 13.6. The Kier molecular flexibility index (Phi) is 8.79. The van der Waals surface area contributed by atoms with Crippen molar-refractivity contribution in [2.45, 2.75) is 19.4 Å². The van der Waals surface area contributed by atoms with E-state index in [2.05, 4.69) is 22.2 Å². The summed E-state index contributed by atoms with van der Waals surface area (Å²) in [6.07, 6.45) is -0.00212. The number of anilines is 2. The van der Waals surface area contributed by atoms with Crippen molar-refractivity contribution in [3.63, 3.8) is 0 Å². The first-order chi connectivity index (χ1) is 17.4. The van der Waals surface area contributed by atoms with Crippen molar-refractivity contribution >= 4 is 52.1 Å². The third kappa shape index (κ3) is 6.34. The van der Waals surface area contributed by atoms with E-state index in [0.29, 0.717) is 34.7 Å². The van der Waals surface area contributed by atoms with Crippen molar-refractivity contribution in [2.75, 3.05) is 63.1 Å². The van der Waals surface area contributed by atoms with Gasteiger partial charge in [0.1, 0.15) is 11.8 Å². The van der Waals surface area contributed by atoms with Crippen LogP contribution in [0, 0.1) is 0 Å². The number of likely N-dealkylation sites (N-methyl/N-ethyl adjacent to an activating group) is 1. The lowest BCUT2D eigenvalue weighted by molar-refractivity contribution is -0.124. The fourth-order valence-corrected chi connectivity index (χ4v) is 4.96. The number of ether oxygens (including phenoxy) is 1. The highest BCUT2D eigenvalue weighted by atomic mass is 35.5. The number of hydrogen-bond acceptors (Lipinski definition) is 6. The third-order valence-corrected chi connectivity index (χ3v) is 7.15. The van der Waals surface area contributed by atoms with E-state index in [9.17, 15) is 9.59 Å². The summed E-state index contributed by atoms with van der Waals surface area (Å²) in [7, 11) is 2.12. The first kappa shape index (κ1) is 26.3. The second kappa shape index (κ2) is 12.0. The number of thiocarbonyl (C=S) groups is 1.